The number of hydrogen-bond donors (Lipinski definition) is 2. The van der Waals surface area contributed by atoms with Gasteiger partial charge in [-0.05, 0) is 38.4 Å². The average Bonchev–Trinajstić information content (AvgIpc) is 2.53. The predicted molar refractivity (Wildman–Crippen MR) is 105 cm³/mol. The maximum absolute atomic E-state index is 12.2. The van der Waals surface area contributed by atoms with Crippen molar-refractivity contribution in [3.8, 4) is 0 Å². The van der Waals surface area contributed by atoms with Crippen molar-refractivity contribution in [2.45, 2.75) is 50.6 Å². The summed E-state index contributed by atoms with van der Waals surface area (Å²) in [7, 11) is 2.11. The van der Waals surface area contributed by atoms with Crippen LogP contribution in [0.3, 0.4) is 0 Å². The number of nitrogens with two attached hydrogens (primary N) is 1. The van der Waals surface area contributed by atoms with Crippen LogP contribution in [0.25, 0.3) is 0 Å². The van der Waals surface area contributed by atoms with Gasteiger partial charge in [-0.25, -0.2) is 0 Å². The van der Waals surface area contributed by atoms with E-state index in [1.165, 1.54) is 12.0 Å². The van der Waals surface area contributed by atoms with Gasteiger partial charge in [0.25, 0.3) is 0 Å². The first-order chi connectivity index (χ1) is 10.6. The highest BCUT2D eigenvalue weighted by Gasteiger charge is 2.34. The molecule has 3 N–H and O–H groups in total. The lowest BCUT2D eigenvalue weighted by Crippen LogP contribution is -2.55. The van der Waals surface area contributed by atoms with Crippen molar-refractivity contribution in [1.82, 2.24) is 10.2 Å². The Kier molecular flexibility index (Phi) is 11.3. The Morgan fingerprint density at radius 2 is 1.79 bits per heavy atom. The largest absolute Gasteiger partial charge is 0.354 e. The number of carbonyl (C=O) groups is 1. The molecular weight excluding hydrogens is 345 g/mol. The quantitative estimate of drug-likeness (QED) is 0.719. The van der Waals surface area contributed by atoms with Crippen molar-refractivity contribution < 1.29 is 4.79 Å². The van der Waals surface area contributed by atoms with Gasteiger partial charge in [-0.3, -0.25) is 4.79 Å². The molecule has 0 aromatic heterocycles. The molecule has 1 aliphatic rings. The van der Waals surface area contributed by atoms with Crippen molar-refractivity contribution >= 4 is 30.7 Å². The maximum Gasteiger partial charge on any atom is 0.240 e. The third kappa shape index (κ3) is 7.39. The Hall–Kier alpha value is -0.810. The van der Waals surface area contributed by atoms with Crippen molar-refractivity contribution in [2.75, 3.05) is 20.1 Å². The Morgan fingerprint density at radius 3 is 2.42 bits per heavy atom. The Balaban J connectivity index is 0.00000264. The molecule has 1 amide bonds. The van der Waals surface area contributed by atoms with Crippen LogP contribution in [-0.2, 0) is 11.3 Å². The van der Waals surface area contributed by atoms with Gasteiger partial charge in [0.2, 0.25) is 5.91 Å². The second-order valence-electron chi connectivity index (χ2n) is 6.55. The first-order valence-corrected chi connectivity index (χ1v) is 8.40. The van der Waals surface area contributed by atoms with Gasteiger partial charge in [0, 0.05) is 13.1 Å². The van der Waals surface area contributed by atoms with E-state index in [-0.39, 0.29) is 30.7 Å². The predicted octanol–water partition coefficient (Wildman–Crippen LogP) is 3.13. The molecule has 24 heavy (non-hydrogen) atoms. The number of benzene rings is 1. The van der Waals surface area contributed by atoms with Gasteiger partial charge >= 0.3 is 0 Å². The maximum atomic E-state index is 12.2. The fourth-order valence-electron chi connectivity index (χ4n) is 3.11. The molecule has 0 bridgehead atoms. The zero-order chi connectivity index (χ0) is 15.8. The van der Waals surface area contributed by atoms with Gasteiger partial charge in [0.1, 0.15) is 0 Å². The highest BCUT2D eigenvalue weighted by Crippen LogP contribution is 2.25. The number of nitrogens with one attached hydrogen (secondary N) is 1. The standard InChI is InChI=1S/C18H29N3O.2ClH/c1-21(15-16-9-4-2-5-10-16)14-8-13-20-17(22)18(19)11-6-3-7-12-18;;/h2,4-5,9-10H,3,6-8,11-15,19H2,1H3,(H,20,22);2*1H. The Labute approximate surface area is 158 Å². The van der Waals surface area contributed by atoms with Crippen LogP contribution in [0.4, 0.5) is 0 Å². The van der Waals surface area contributed by atoms with E-state index in [0.29, 0.717) is 6.54 Å². The minimum Gasteiger partial charge on any atom is -0.354 e. The third-order valence-corrected chi connectivity index (χ3v) is 4.50. The van der Waals surface area contributed by atoms with E-state index in [0.717, 1.165) is 45.2 Å². The Bertz CT molecular complexity index is 465. The summed E-state index contributed by atoms with van der Waals surface area (Å²) in [6, 6.07) is 10.4. The fourth-order valence-corrected chi connectivity index (χ4v) is 3.11. The van der Waals surface area contributed by atoms with Crippen LogP contribution in [0.2, 0.25) is 0 Å². The first-order valence-electron chi connectivity index (χ1n) is 8.40. The van der Waals surface area contributed by atoms with E-state index in [9.17, 15) is 4.79 Å². The van der Waals surface area contributed by atoms with Crippen LogP contribution >= 0.6 is 24.8 Å². The van der Waals surface area contributed by atoms with E-state index in [2.05, 4.69) is 41.5 Å². The molecule has 2 rings (SSSR count). The molecule has 1 saturated carbocycles. The van der Waals surface area contributed by atoms with Crippen LogP contribution in [0, 0.1) is 0 Å². The lowest BCUT2D eigenvalue weighted by Gasteiger charge is -2.31. The number of halogens is 2. The highest BCUT2D eigenvalue weighted by molar-refractivity contribution is 5.86. The SMILES string of the molecule is CN(CCCNC(=O)C1(N)CCCCC1)Cc1ccccc1.Cl.Cl. The summed E-state index contributed by atoms with van der Waals surface area (Å²) in [6.07, 6.45) is 5.95. The summed E-state index contributed by atoms with van der Waals surface area (Å²) in [4.78, 5) is 14.5. The molecular formula is C18H31Cl2N3O. The number of carbonyl (C=O) groups excluding carboxylic acids is 1. The zero-order valence-corrected chi connectivity index (χ0v) is 16.1. The van der Waals surface area contributed by atoms with E-state index in [1.807, 2.05) is 6.07 Å². The summed E-state index contributed by atoms with van der Waals surface area (Å²) >= 11 is 0. The topological polar surface area (TPSA) is 58.4 Å². The molecule has 0 aliphatic heterocycles. The molecule has 4 nitrogen and oxygen atoms in total. The van der Waals surface area contributed by atoms with Crippen molar-refractivity contribution in [1.29, 1.82) is 0 Å². The van der Waals surface area contributed by atoms with Gasteiger partial charge in [-0.1, -0.05) is 49.6 Å². The molecule has 1 aromatic carbocycles. The highest BCUT2D eigenvalue weighted by atomic mass is 35.5. The lowest BCUT2D eigenvalue weighted by molar-refractivity contribution is -0.127. The van der Waals surface area contributed by atoms with Crippen LogP contribution in [-0.4, -0.2) is 36.5 Å². The molecule has 0 heterocycles. The number of rotatable bonds is 7. The van der Waals surface area contributed by atoms with Crippen LogP contribution in [0.15, 0.2) is 30.3 Å². The normalized spacial score (nSPS) is 16.0. The van der Waals surface area contributed by atoms with Crippen LogP contribution < -0.4 is 11.1 Å². The molecule has 0 spiro atoms. The Morgan fingerprint density at radius 1 is 1.17 bits per heavy atom. The van der Waals surface area contributed by atoms with Gasteiger partial charge < -0.3 is 16.0 Å². The molecule has 0 radical (unpaired) electrons. The summed E-state index contributed by atoms with van der Waals surface area (Å²) in [5, 5.41) is 3.02. The zero-order valence-electron chi connectivity index (χ0n) is 14.5. The number of hydrogen-bond acceptors (Lipinski definition) is 3. The third-order valence-electron chi connectivity index (χ3n) is 4.50. The molecule has 0 atom stereocenters. The van der Waals surface area contributed by atoms with Gasteiger partial charge in [0.15, 0.2) is 0 Å². The minimum absolute atomic E-state index is 0. The van der Waals surface area contributed by atoms with Gasteiger partial charge in [0.05, 0.1) is 5.54 Å². The summed E-state index contributed by atoms with van der Waals surface area (Å²) in [6.45, 7) is 2.61. The van der Waals surface area contributed by atoms with Crippen LogP contribution in [0.1, 0.15) is 44.1 Å². The average molecular weight is 376 g/mol. The van der Waals surface area contributed by atoms with E-state index < -0.39 is 5.54 Å². The summed E-state index contributed by atoms with van der Waals surface area (Å²) < 4.78 is 0. The van der Waals surface area contributed by atoms with Crippen LogP contribution in [0.5, 0.6) is 0 Å². The molecule has 0 saturated heterocycles. The van der Waals surface area contributed by atoms with Crippen molar-refractivity contribution in [2.24, 2.45) is 5.73 Å². The van der Waals surface area contributed by atoms with Crippen molar-refractivity contribution in [3.05, 3.63) is 35.9 Å². The summed E-state index contributed by atoms with van der Waals surface area (Å²) in [5.74, 6) is 0.0397. The first kappa shape index (κ1) is 23.2. The second-order valence-corrected chi connectivity index (χ2v) is 6.55. The summed E-state index contributed by atoms with van der Waals surface area (Å²) in [5.41, 5.74) is 6.92. The number of nitrogens with zero attached hydrogens (tertiary/aromatic N) is 1. The minimum atomic E-state index is -0.617. The second kappa shape index (κ2) is 11.7. The van der Waals surface area contributed by atoms with Gasteiger partial charge in [-0.2, -0.15) is 0 Å². The lowest BCUT2D eigenvalue weighted by atomic mass is 9.82. The number of amides is 1. The van der Waals surface area contributed by atoms with Gasteiger partial charge in [-0.15, -0.1) is 24.8 Å². The van der Waals surface area contributed by atoms with E-state index in [1.54, 1.807) is 0 Å². The smallest absolute Gasteiger partial charge is 0.240 e. The van der Waals surface area contributed by atoms with E-state index >= 15 is 0 Å². The molecule has 6 heteroatoms. The molecule has 138 valence electrons. The molecule has 1 fully saturated rings. The molecule has 1 aliphatic carbocycles. The van der Waals surface area contributed by atoms with Crippen molar-refractivity contribution in [3.63, 3.8) is 0 Å². The van der Waals surface area contributed by atoms with E-state index in [4.69, 9.17) is 5.73 Å². The molecule has 0 unspecified atom stereocenters. The monoisotopic (exact) mass is 375 g/mol. The molecule has 1 aromatic rings. The fraction of sp³-hybridized carbons (Fsp3) is 0.611.